The zero-order chi connectivity index (χ0) is 13.7. The average molecular weight is 278 g/mol. The van der Waals surface area contributed by atoms with Gasteiger partial charge in [0.1, 0.15) is 0 Å². The quantitative estimate of drug-likeness (QED) is 0.829. The Bertz CT molecular complexity index is 375. The van der Waals surface area contributed by atoms with Gasteiger partial charge in [0.15, 0.2) is 0 Å². The van der Waals surface area contributed by atoms with Gasteiger partial charge in [-0.3, -0.25) is 4.90 Å². The Balaban J connectivity index is 2.08. The number of nitrogens with one attached hydrogen (secondary N) is 1. The van der Waals surface area contributed by atoms with Crippen LogP contribution >= 0.6 is 11.8 Å². The number of piperidine rings is 1. The third-order valence-electron chi connectivity index (χ3n) is 4.21. The number of hydrogen-bond donors (Lipinski definition) is 1. The number of thioether (sulfide) groups is 1. The summed E-state index contributed by atoms with van der Waals surface area (Å²) in [6.45, 7) is 4.69. The number of likely N-dealkylation sites (N-methyl/N-ethyl adjacent to an activating group) is 1. The fraction of sp³-hybridized carbons (Fsp3) is 0.625. The molecule has 19 heavy (non-hydrogen) atoms. The minimum absolute atomic E-state index is 0.523. The Morgan fingerprint density at radius 2 is 2.05 bits per heavy atom. The topological polar surface area (TPSA) is 15.3 Å². The van der Waals surface area contributed by atoms with Gasteiger partial charge in [-0.05, 0) is 57.3 Å². The molecule has 1 aromatic rings. The molecule has 1 fully saturated rings. The molecule has 2 atom stereocenters. The van der Waals surface area contributed by atoms with E-state index in [2.05, 4.69) is 54.7 Å². The van der Waals surface area contributed by atoms with Crippen molar-refractivity contribution in [2.75, 3.05) is 26.4 Å². The highest BCUT2D eigenvalue weighted by Crippen LogP contribution is 2.29. The number of hydrogen-bond acceptors (Lipinski definition) is 3. The zero-order valence-corrected chi connectivity index (χ0v) is 13.2. The average Bonchev–Trinajstić information content (AvgIpc) is 2.47. The summed E-state index contributed by atoms with van der Waals surface area (Å²) in [4.78, 5) is 4.02. The molecule has 0 amide bonds. The van der Waals surface area contributed by atoms with Crippen molar-refractivity contribution in [3.05, 3.63) is 29.8 Å². The normalized spacial score (nSPS) is 22.4. The maximum atomic E-state index is 3.35. The second-order valence-electron chi connectivity index (χ2n) is 5.39. The largest absolute Gasteiger partial charge is 0.318 e. The summed E-state index contributed by atoms with van der Waals surface area (Å²) in [6, 6.07) is 10.3. The molecule has 2 rings (SSSR count). The molecule has 0 spiro atoms. The van der Waals surface area contributed by atoms with Crippen LogP contribution in [0, 0.1) is 0 Å². The van der Waals surface area contributed by atoms with Gasteiger partial charge in [-0.2, -0.15) is 0 Å². The van der Waals surface area contributed by atoms with E-state index in [0.29, 0.717) is 12.1 Å². The molecule has 106 valence electrons. The highest BCUT2D eigenvalue weighted by molar-refractivity contribution is 7.98. The van der Waals surface area contributed by atoms with Gasteiger partial charge in [-0.15, -0.1) is 11.8 Å². The van der Waals surface area contributed by atoms with E-state index in [4.69, 9.17) is 0 Å². The van der Waals surface area contributed by atoms with Crippen molar-refractivity contribution in [2.24, 2.45) is 0 Å². The van der Waals surface area contributed by atoms with Crippen LogP contribution in [0.25, 0.3) is 0 Å². The molecule has 1 aliphatic heterocycles. The summed E-state index contributed by atoms with van der Waals surface area (Å²) < 4.78 is 0. The molecule has 2 unspecified atom stereocenters. The summed E-state index contributed by atoms with van der Waals surface area (Å²) in [7, 11) is 2.06. The molecule has 0 aromatic heterocycles. The SMILES string of the molecule is CNCC1CCCCN1C(C)c1ccc(SC)cc1. The minimum Gasteiger partial charge on any atom is -0.318 e. The molecule has 1 N–H and O–H groups in total. The van der Waals surface area contributed by atoms with Crippen LogP contribution in [0.1, 0.15) is 37.8 Å². The van der Waals surface area contributed by atoms with E-state index in [1.165, 1.54) is 36.3 Å². The monoisotopic (exact) mass is 278 g/mol. The first-order chi connectivity index (χ1) is 9.26. The number of benzene rings is 1. The Morgan fingerprint density at radius 1 is 1.32 bits per heavy atom. The molecular weight excluding hydrogens is 252 g/mol. The Morgan fingerprint density at radius 3 is 2.68 bits per heavy atom. The summed E-state index contributed by atoms with van der Waals surface area (Å²) >= 11 is 1.81. The van der Waals surface area contributed by atoms with E-state index in [9.17, 15) is 0 Å². The first-order valence-corrected chi connectivity index (χ1v) is 8.53. The van der Waals surface area contributed by atoms with Crippen molar-refractivity contribution in [1.29, 1.82) is 0 Å². The molecule has 2 nitrogen and oxygen atoms in total. The highest BCUT2D eigenvalue weighted by Gasteiger charge is 2.26. The van der Waals surface area contributed by atoms with Gasteiger partial charge >= 0.3 is 0 Å². The zero-order valence-electron chi connectivity index (χ0n) is 12.4. The lowest BCUT2D eigenvalue weighted by Gasteiger charge is -2.40. The molecule has 3 heteroatoms. The molecule has 1 aliphatic rings. The maximum Gasteiger partial charge on any atom is 0.0323 e. The van der Waals surface area contributed by atoms with Crippen molar-refractivity contribution >= 4 is 11.8 Å². The second-order valence-corrected chi connectivity index (χ2v) is 6.27. The van der Waals surface area contributed by atoms with Crippen LogP contribution in [0.2, 0.25) is 0 Å². The fourth-order valence-electron chi connectivity index (χ4n) is 3.06. The van der Waals surface area contributed by atoms with E-state index in [1.807, 2.05) is 11.8 Å². The lowest BCUT2D eigenvalue weighted by molar-refractivity contribution is 0.103. The van der Waals surface area contributed by atoms with E-state index >= 15 is 0 Å². The fourth-order valence-corrected chi connectivity index (χ4v) is 3.47. The number of nitrogens with zero attached hydrogens (tertiary/aromatic N) is 1. The van der Waals surface area contributed by atoms with Gasteiger partial charge in [0.05, 0.1) is 0 Å². The van der Waals surface area contributed by atoms with Crippen molar-refractivity contribution in [2.45, 2.75) is 43.2 Å². The van der Waals surface area contributed by atoms with Crippen LogP contribution < -0.4 is 5.32 Å². The predicted molar refractivity (Wildman–Crippen MR) is 84.9 cm³/mol. The summed E-state index contributed by atoms with van der Waals surface area (Å²) in [5, 5.41) is 3.35. The first kappa shape index (κ1) is 14.9. The van der Waals surface area contributed by atoms with Crippen LogP contribution in [0.3, 0.4) is 0 Å². The van der Waals surface area contributed by atoms with Gasteiger partial charge < -0.3 is 5.32 Å². The van der Waals surface area contributed by atoms with Crippen LogP contribution in [0.5, 0.6) is 0 Å². The Hall–Kier alpha value is -0.510. The van der Waals surface area contributed by atoms with Crippen LogP contribution in [0.4, 0.5) is 0 Å². The van der Waals surface area contributed by atoms with Gasteiger partial charge in [0.2, 0.25) is 0 Å². The molecule has 0 saturated carbocycles. The smallest absolute Gasteiger partial charge is 0.0323 e. The molecule has 0 bridgehead atoms. The summed E-state index contributed by atoms with van der Waals surface area (Å²) in [6.07, 6.45) is 6.18. The van der Waals surface area contributed by atoms with E-state index in [-0.39, 0.29) is 0 Å². The third-order valence-corrected chi connectivity index (χ3v) is 4.95. The van der Waals surface area contributed by atoms with Crippen molar-refractivity contribution in [1.82, 2.24) is 10.2 Å². The number of likely N-dealkylation sites (tertiary alicyclic amines) is 1. The minimum atomic E-state index is 0.523. The number of rotatable bonds is 5. The predicted octanol–water partition coefficient (Wildman–Crippen LogP) is 3.54. The van der Waals surface area contributed by atoms with Crippen molar-refractivity contribution in [3.63, 3.8) is 0 Å². The Kier molecular flexibility index (Phi) is 5.74. The highest BCUT2D eigenvalue weighted by atomic mass is 32.2. The van der Waals surface area contributed by atoms with Crippen molar-refractivity contribution in [3.8, 4) is 0 Å². The van der Waals surface area contributed by atoms with E-state index in [0.717, 1.165) is 6.54 Å². The summed E-state index contributed by atoms with van der Waals surface area (Å²) in [5.41, 5.74) is 1.45. The maximum absolute atomic E-state index is 3.35. The van der Waals surface area contributed by atoms with Crippen molar-refractivity contribution < 1.29 is 0 Å². The lowest BCUT2D eigenvalue weighted by atomic mass is 9.97. The van der Waals surface area contributed by atoms with Crippen LogP contribution in [-0.4, -0.2) is 37.3 Å². The molecule has 0 aliphatic carbocycles. The first-order valence-electron chi connectivity index (χ1n) is 7.30. The third kappa shape index (κ3) is 3.74. The molecule has 0 radical (unpaired) electrons. The van der Waals surface area contributed by atoms with E-state index < -0.39 is 0 Å². The van der Waals surface area contributed by atoms with E-state index in [1.54, 1.807) is 0 Å². The van der Waals surface area contributed by atoms with Crippen LogP contribution in [-0.2, 0) is 0 Å². The van der Waals surface area contributed by atoms with Gasteiger partial charge in [0.25, 0.3) is 0 Å². The van der Waals surface area contributed by atoms with Gasteiger partial charge in [-0.1, -0.05) is 18.6 Å². The van der Waals surface area contributed by atoms with Gasteiger partial charge in [0, 0.05) is 23.5 Å². The second kappa shape index (κ2) is 7.32. The molecular formula is C16H26N2S. The molecule has 1 aromatic carbocycles. The van der Waals surface area contributed by atoms with Gasteiger partial charge in [-0.25, -0.2) is 0 Å². The summed E-state index contributed by atoms with van der Waals surface area (Å²) in [5.74, 6) is 0. The molecule has 1 saturated heterocycles. The lowest BCUT2D eigenvalue weighted by Crippen LogP contribution is -2.45. The molecule has 1 heterocycles. The standard InChI is InChI=1S/C16H26N2S/c1-13(14-7-9-16(19-3)10-8-14)18-11-5-4-6-15(18)12-17-2/h7-10,13,15,17H,4-6,11-12H2,1-3H3. The Labute approximate surface area is 122 Å². The van der Waals surface area contributed by atoms with Crippen LogP contribution in [0.15, 0.2) is 29.2 Å².